The zero-order valence-corrected chi connectivity index (χ0v) is 12.2. The Balaban J connectivity index is 1.65. The number of imide groups is 1. The van der Waals surface area contributed by atoms with Gasteiger partial charge in [0.05, 0.1) is 18.4 Å². The number of allylic oxidation sites excluding steroid dienone is 1. The maximum atomic E-state index is 12.8. The van der Waals surface area contributed by atoms with E-state index in [4.69, 9.17) is 9.84 Å². The number of nitrogens with zero attached hydrogens (tertiary/aromatic N) is 1. The summed E-state index contributed by atoms with van der Waals surface area (Å²) in [6, 6.07) is 9.27. The van der Waals surface area contributed by atoms with Crippen molar-refractivity contribution >= 4 is 18.0 Å². The normalized spacial score (nSPS) is 34.1. The van der Waals surface area contributed by atoms with Crippen molar-refractivity contribution in [2.24, 2.45) is 17.8 Å². The first-order chi connectivity index (χ1) is 11.0. The van der Waals surface area contributed by atoms with Crippen molar-refractivity contribution in [2.45, 2.75) is 18.6 Å². The van der Waals surface area contributed by atoms with Crippen LogP contribution in [0.25, 0.3) is 0 Å². The maximum absolute atomic E-state index is 12.8. The van der Waals surface area contributed by atoms with E-state index < -0.39 is 23.6 Å². The highest BCUT2D eigenvalue weighted by Crippen LogP contribution is 2.56. The van der Waals surface area contributed by atoms with Gasteiger partial charge in [0.25, 0.3) is 0 Å². The summed E-state index contributed by atoms with van der Waals surface area (Å²) in [5, 5.41) is 9.00. The van der Waals surface area contributed by atoms with Gasteiger partial charge in [0.1, 0.15) is 5.60 Å². The summed E-state index contributed by atoms with van der Waals surface area (Å²) >= 11 is 0. The fraction of sp³-hybridized carbons (Fsp3) is 0.353. The van der Waals surface area contributed by atoms with Crippen LogP contribution >= 0.6 is 0 Å². The smallest absolute Gasteiger partial charge is 0.450 e. The molecule has 6 heteroatoms. The lowest BCUT2D eigenvalue weighted by Crippen LogP contribution is -2.42. The van der Waals surface area contributed by atoms with Crippen LogP contribution in [0.1, 0.15) is 12.0 Å². The van der Waals surface area contributed by atoms with E-state index in [2.05, 4.69) is 0 Å². The Labute approximate surface area is 132 Å². The average Bonchev–Trinajstić information content (AvgIpc) is 3.13. The fourth-order valence-electron chi connectivity index (χ4n) is 4.19. The van der Waals surface area contributed by atoms with E-state index in [1.807, 2.05) is 30.3 Å². The standard InChI is InChI=1S/C17H15NO5/c19-14-12-11-6-7-17(8-11,23-16(21)22)13(12)15(20)18(14)9-10-4-2-1-3-5-10/h1-7,11-13H,8-9H2,(H,21,22). The Hall–Kier alpha value is -2.63. The topological polar surface area (TPSA) is 83.9 Å². The zero-order chi connectivity index (χ0) is 16.2. The van der Waals surface area contributed by atoms with Crippen LogP contribution in [0.2, 0.25) is 0 Å². The number of hydrogen-bond donors (Lipinski definition) is 1. The molecule has 4 rings (SSSR count). The molecule has 1 aliphatic heterocycles. The van der Waals surface area contributed by atoms with Crippen molar-refractivity contribution < 1.29 is 24.2 Å². The van der Waals surface area contributed by atoms with Crippen LogP contribution < -0.4 is 0 Å². The Bertz CT molecular complexity index is 728. The van der Waals surface area contributed by atoms with E-state index in [1.54, 1.807) is 12.2 Å². The highest BCUT2D eigenvalue weighted by Gasteiger charge is 2.68. The molecular formula is C17H15NO5. The third-order valence-corrected chi connectivity index (χ3v) is 5.07. The summed E-state index contributed by atoms with van der Waals surface area (Å²) in [5.41, 5.74) is -0.318. The molecule has 1 aromatic carbocycles. The summed E-state index contributed by atoms with van der Waals surface area (Å²) in [5.74, 6) is -1.93. The van der Waals surface area contributed by atoms with Gasteiger partial charge in [0.15, 0.2) is 0 Å². The molecule has 1 saturated heterocycles. The van der Waals surface area contributed by atoms with Gasteiger partial charge in [-0.1, -0.05) is 36.4 Å². The summed E-state index contributed by atoms with van der Waals surface area (Å²) in [6.45, 7) is 0.210. The molecule has 23 heavy (non-hydrogen) atoms. The monoisotopic (exact) mass is 313 g/mol. The van der Waals surface area contributed by atoms with Crippen LogP contribution in [0.5, 0.6) is 0 Å². The minimum Gasteiger partial charge on any atom is -0.450 e. The molecule has 4 atom stereocenters. The van der Waals surface area contributed by atoms with Gasteiger partial charge in [-0.2, -0.15) is 0 Å². The number of rotatable bonds is 3. The quantitative estimate of drug-likeness (QED) is 0.523. The largest absolute Gasteiger partial charge is 0.506 e. The predicted octanol–water partition coefficient (Wildman–Crippen LogP) is 1.81. The van der Waals surface area contributed by atoms with Gasteiger partial charge < -0.3 is 9.84 Å². The SMILES string of the molecule is O=C(O)OC12C=CC(C1)C1C(=O)N(Cc3ccccc3)C(=O)C12. The predicted molar refractivity (Wildman–Crippen MR) is 78.1 cm³/mol. The lowest BCUT2D eigenvalue weighted by Gasteiger charge is -2.28. The molecule has 1 aromatic rings. The molecule has 1 N–H and O–H groups in total. The summed E-state index contributed by atoms with van der Waals surface area (Å²) in [6.07, 6.45) is 2.41. The Morgan fingerprint density at radius 2 is 2.00 bits per heavy atom. The molecule has 2 aliphatic carbocycles. The number of carbonyl (C=O) groups is 3. The number of carboxylic acid groups (broad SMARTS) is 1. The molecule has 1 saturated carbocycles. The second-order valence-electron chi connectivity index (χ2n) is 6.30. The highest BCUT2D eigenvalue weighted by molar-refractivity contribution is 6.07. The van der Waals surface area contributed by atoms with Crippen molar-refractivity contribution in [3.63, 3.8) is 0 Å². The van der Waals surface area contributed by atoms with Crippen molar-refractivity contribution in [3.8, 4) is 0 Å². The van der Waals surface area contributed by atoms with Crippen molar-refractivity contribution in [2.75, 3.05) is 0 Å². The lowest BCUT2D eigenvalue weighted by atomic mass is 9.83. The third-order valence-electron chi connectivity index (χ3n) is 5.07. The van der Waals surface area contributed by atoms with Crippen molar-refractivity contribution in [3.05, 3.63) is 48.0 Å². The molecule has 6 nitrogen and oxygen atoms in total. The van der Waals surface area contributed by atoms with E-state index in [0.29, 0.717) is 6.42 Å². The van der Waals surface area contributed by atoms with Crippen molar-refractivity contribution in [1.29, 1.82) is 0 Å². The second-order valence-corrected chi connectivity index (χ2v) is 6.30. The summed E-state index contributed by atoms with van der Waals surface area (Å²) in [4.78, 5) is 37.7. The summed E-state index contributed by atoms with van der Waals surface area (Å²) in [7, 11) is 0. The van der Waals surface area contributed by atoms with E-state index in [-0.39, 0.29) is 24.3 Å². The number of fused-ring (bicyclic) bond motifs is 5. The van der Waals surface area contributed by atoms with Gasteiger partial charge in [0.2, 0.25) is 11.8 Å². The Morgan fingerprint density at radius 3 is 2.70 bits per heavy atom. The summed E-state index contributed by atoms with van der Waals surface area (Å²) < 4.78 is 5.05. The van der Waals surface area contributed by atoms with E-state index in [0.717, 1.165) is 5.56 Å². The van der Waals surface area contributed by atoms with E-state index in [1.165, 1.54) is 4.90 Å². The van der Waals surface area contributed by atoms with Crippen molar-refractivity contribution in [1.82, 2.24) is 4.90 Å². The molecule has 2 amide bonds. The first-order valence-electron chi connectivity index (χ1n) is 7.52. The van der Waals surface area contributed by atoms with E-state index >= 15 is 0 Å². The van der Waals surface area contributed by atoms with Gasteiger partial charge in [-0.25, -0.2) is 4.79 Å². The Kier molecular flexibility index (Phi) is 2.85. The molecular weight excluding hydrogens is 298 g/mol. The first-order valence-corrected chi connectivity index (χ1v) is 7.52. The Morgan fingerprint density at radius 1 is 1.26 bits per heavy atom. The van der Waals surface area contributed by atoms with Gasteiger partial charge in [-0.05, 0) is 24.0 Å². The number of likely N-dealkylation sites (tertiary alicyclic amines) is 1. The first kappa shape index (κ1) is 14.0. The number of carbonyl (C=O) groups excluding carboxylic acids is 2. The number of ether oxygens (including phenoxy) is 1. The van der Waals surface area contributed by atoms with Crippen LogP contribution in [-0.2, 0) is 20.9 Å². The molecule has 0 spiro atoms. The molecule has 2 fully saturated rings. The lowest BCUT2D eigenvalue weighted by molar-refractivity contribution is -0.142. The van der Waals surface area contributed by atoms with Crippen LogP contribution in [0.15, 0.2) is 42.5 Å². The minimum atomic E-state index is -1.42. The molecule has 118 valence electrons. The molecule has 0 radical (unpaired) electrons. The van der Waals surface area contributed by atoms with Gasteiger partial charge in [0, 0.05) is 0 Å². The average molecular weight is 313 g/mol. The van der Waals surface area contributed by atoms with Gasteiger partial charge in [-0.15, -0.1) is 0 Å². The van der Waals surface area contributed by atoms with E-state index in [9.17, 15) is 14.4 Å². The second kappa shape index (κ2) is 4.68. The number of amides is 2. The number of hydrogen-bond acceptors (Lipinski definition) is 4. The number of benzene rings is 1. The van der Waals surface area contributed by atoms with Crippen LogP contribution in [-0.4, -0.2) is 33.6 Å². The fourth-order valence-corrected chi connectivity index (χ4v) is 4.19. The third kappa shape index (κ3) is 1.91. The zero-order valence-electron chi connectivity index (χ0n) is 12.2. The molecule has 2 bridgehead atoms. The highest BCUT2D eigenvalue weighted by atomic mass is 16.7. The molecule has 0 aromatic heterocycles. The van der Waals surface area contributed by atoms with Gasteiger partial charge >= 0.3 is 6.16 Å². The molecule has 3 aliphatic rings. The van der Waals surface area contributed by atoms with Crippen LogP contribution in [0, 0.1) is 17.8 Å². The maximum Gasteiger partial charge on any atom is 0.506 e. The van der Waals surface area contributed by atoms with Gasteiger partial charge in [-0.3, -0.25) is 14.5 Å². The van der Waals surface area contributed by atoms with Crippen LogP contribution in [0.4, 0.5) is 4.79 Å². The molecule has 4 unspecified atom stereocenters. The van der Waals surface area contributed by atoms with Crippen LogP contribution in [0.3, 0.4) is 0 Å². The molecule has 1 heterocycles. The minimum absolute atomic E-state index is 0.128.